The van der Waals surface area contributed by atoms with E-state index < -0.39 is 0 Å². The second-order valence-corrected chi connectivity index (χ2v) is 4.22. The fourth-order valence-electron chi connectivity index (χ4n) is 1.47. The van der Waals surface area contributed by atoms with Crippen LogP contribution in [0.5, 0.6) is 0 Å². The van der Waals surface area contributed by atoms with Gasteiger partial charge >= 0.3 is 0 Å². The van der Waals surface area contributed by atoms with Crippen LogP contribution in [-0.4, -0.2) is 5.91 Å². The smallest absolute Gasteiger partial charge is 0.220 e. The molecular formula is C8H15NO. The molecule has 1 fully saturated rings. The first-order valence-corrected chi connectivity index (χ1v) is 3.72. The van der Waals surface area contributed by atoms with Crippen LogP contribution in [0, 0.1) is 17.3 Å². The van der Waals surface area contributed by atoms with Crippen LogP contribution in [0.3, 0.4) is 0 Å². The summed E-state index contributed by atoms with van der Waals surface area (Å²) in [5.74, 6) is 0.574. The standard InChI is InChI=1S/C8H15NO/c1-8(2,3)6-4-5(6)7(9)10/h5-6H,4H2,1-3H3,(H2,9,10)/t5-,6+/m1/s1. The lowest BCUT2D eigenvalue weighted by molar-refractivity contribution is -0.119. The van der Waals surface area contributed by atoms with Gasteiger partial charge in [0.15, 0.2) is 0 Å². The summed E-state index contributed by atoms with van der Waals surface area (Å²) in [6, 6.07) is 0. The van der Waals surface area contributed by atoms with Crippen molar-refractivity contribution in [2.24, 2.45) is 23.0 Å². The Morgan fingerprint density at radius 2 is 2.00 bits per heavy atom. The Labute approximate surface area is 61.8 Å². The minimum absolute atomic E-state index is 0.125. The molecule has 1 amide bonds. The molecule has 10 heavy (non-hydrogen) atoms. The number of carbonyl (C=O) groups excluding carboxylic acids is 1. The molecule has 0 aromatic heterocycles. The summed E-state index contributed by atoms with van der Waals surface area (Å²) in [6.07, 6.45) is 0.999. The van der Waals surface area contributed by atoms with Gasteiger partial charge in [-0.1, -0.05) is 20.8 Å². The zero-order chi connectivity index (χ0) is 7.94. The van der Waals surface area contributed by atoms with Crippen molar-refractivity contribution in [3.8, 4) is 0 Å². The van der Waals surface area contributed by atoms with E-state index in [1.807, 2.05) is 0 Å². The molecule has 1 aliphatic carbocycles. The van der Waals surface area contributed by atoms with Crippen molar-refractivity contribution in [1.82, 2.24) is 0 Å². The van der Waals surface area contributed by atoms with Crippen LogP contribution >= 0.6 is 0 Å². The monoisotopic (exact) mass is 141 g/mol. The first-order valence-electron chi connectivity index (χ1n) is 3.72. The summed E-state index contributed by atoms with van der Waals surface area (Å²) in [5.41, 5.74) is 5.41. The Bertz CT molecular complexity index is 157. The van der Waals surface area contributed by atoms with Crippen LogP contribution in [0.1, 0.15) is 27.2 Å². The van der Waals surface area contributed by atoms with Gasteiger partial charge in [0.2, 0.25) is 5.91 Å². The Morgan fingerprint density at radius 3 is 2.10 bits per heavy atom. The lowest BCUT2D eigenvalue weighted by Crippen LogP contribution is -2.18. The molecule has 2 heteroatoms. The molecule has 1 aliphatic rings. The Hall–Kier alpha value is -0.530. The van der Waals surface area contributed by atoms with Gasteiger partial charge in [-0.15, -0.1) is 0 Å². The fourth-order valence-corrected chi connectivity index (χ4v) is 1.47. The second-order valence-electron chi connectivity index (χ2n) is 4.22. The summed E-state index contributed by atoms with van der Waals surface area (Å²) >= 11 is 0. The van der Waals surface area contributed by atoms with E-state index in [9.17, 15) is 4.79 Å². The summed E-state index contributed by atoms with van der Waals surface area (Å²) in [7, 11) is 0. The molecule has 1 rings (SSSR count). The summed E-state index contributed by atoms with van der Waals surface area (Å²) in [6.45, 7) is 6.46. The highest BCUT2D eigenvalue weighted by atomic mass is 16.1. The third-order valence-corrected chi connectivity index (χ3v) is 2.27. The molecule has 0 unspecified atom stereocenters. The van der Waals surface area contributed by atoms with Crippen molar-refractivity contribution in [1.29, 1.82) is 0 Å². The molecule has 0 saturated heterocycles. The molecule has 1 saturated carbocycles. The molecule has 0 radical (unpaired) electrons. The van der Waals surface area contributed by atoms with Crippen molar-refractivity contribution in [3.05, 3.63) is 0 Å². The van der Waals surface area contributed by atoms with Crippen molar-refractivity contribution in [3.63, 3.8) is 0 Å². The van der Waals surface area contributed by atoms with Gasteiger partial charge in [0.05, 0.1) is 0 Å². The van der Waals surface area contributed by atoms with E-state index in [0.717, 1.165) is 6.42 Å². The summed E-state index contributed by atoms with van der Waals surface area (Å²) < 4.78 is 0. The molecule has 0 spiro atoms. The zero-order valence-electron chi connectivity index (χ0n) is 6.85. The van der Waals surface area contributed by atoms with E-state index in [1.54, 1.807) is 0 Å². The van der Waals surface area contributed by atoms with Gasteiger partial charge in [-0.2, -0.15) is 0 Å². The highest BCUT2D eigenvalue weighted by Gasteiger charge is 2.48. The van der Waals surface area contributed by atoms with Gasteiger partial charge in [0.1, 0.15) is 0 Å². The Balaban J connectivity index is 2.46. The van der Waals surface area contributed by atoms with Crippen molar-refractivity contribution < 1.29 is 4.79 Å². The van der Waals surface area contributed by atoms with Crippen LogP contribution < -0.4 is 5.73 Å². The molecule has 2 nitrogen and oxygen atoms in total. The van der Waals surface area contributed by atoms with Crippen LogP contribution in [0.15, 0.2) is 0 Å². The van der Waals surface area contributed by atoms with E-state index >= 15 is 0 Å². The van der Waals surface area contributed by atoms with Gasteiger partial charge < -0.3 is 5.73 Å². The third-order valence-electron chi connectivity index (χ3n) is 2.27. The van der Waals surface area contributed by atoms with Crippen LogP contribution in [-0.2, 0) is 4.79 Å². The molecule has 58 valence electrons. The predicted octanol–water partition coefficient (Wildman–Crippen LogP) is 1.15. The van der Waals surface area contributed by atoms with E-state index in [1.165, 1.54) is 0 Å². The lowest BCUT2D eigenvalue weighted by atomic mass is 9.89. The number of rotatable bonds is 1. The lowest BCUT2D eigenvalue weighted by Gasteiger charge is -2.16. The highest BCUT2D eigenvalue weighted by molar-refractivity contribution is 5.79. The number of primary amides is 1. The van der Waals surface area contributed by atoms with E-state index in [-0.39, 0.29) is 17.2 Å². The van der Waals surface area contributed by atoms with E-state index in [2.05, 4.69) is 20.8 Å². The molecule has 0 aliphatic heterocycles. The number of hydrogen-bond donors (Lipinski definition) is 1. The Morgan fingerprint density at radius 1 is 1.50 bits per heavy atom. The third kappa shape index (κ3) is 1.31. The number of amides is 1. The second kappa shape index (κ2) is 1.97. The first kappa shape index (κ1) is 7.58. The fraction of sp³-hybridized carbons (Fsp3) is 0.875. The largest absolute Gasteiger partial charge is 0.369 e. The maximum atomic E-state index is 10.6. The molecule has 0 bridgehead atoms. The van der Waals surface area contributed by atoms with Crippen molar-refractivity contribution >= 4 is 5.91 Å². The first-order chi connectivity index (χ1) is 4.43. The minimum Gasteiger partial charge on any atom is -0.369 e. The van der Waals surface area contributed by atoms with Crippen LogP contribution in [0.4, 0.5) is 0 Å². The summed E-state index contributed by atoms with van der Waals surface area (Å²) in [5, 5.41) is 0. The molecule has 0 aromatic carbocycles. The number of hydrogen-bond acceptors (Lipinski definition) is 1. The maximum Gasteiger partial charge on any atom is 0.220 e. The van der Waals surface area contributed by atoms with Gasteiger partial charge in [-0.25, -0.2) is 0 Å². The molecule has 2 atom stereocenters. The number of nitrogens with two attached hydrogens (primary N) is 1. The SMILES string of the molecule is CC(C)(C)[C@H]1C[C@H]1C(N)=O. The van der Waals surface area contributed by atoms with Gasteiger partial charge in [-0.05, 0) is 17.8 Å². The molecule has 2 N–H and O–H groups in total. The van der Waals surface area contributed by atoms with E-state index in [4.69, 9.17) is 5.73 Å². The quantitative estimate of drug-likeness (QED) is 0.585. The molecule has 0 aromatic rings. The normalized spacial score (nSPS) is 31.9. The van der Waals surface area contributed by atoms with Crippen LogP contribution in [0.25, 0.3) is 0 Å². The minimum atomic E-state index is -0.125. The summed E-state index contributed by atoms with van der Waals surface area (Å²) in [4.78, 5) is 10.6. The molecular weight excluding hydrogens is 126 g/mol. The zero-order valence-corrected chi connectivity index (χ0v) is 6.85. The number of carbonyl (C=O) groups is 1. The van der Waals surface area contributed by atoms with Gasteiger partial charge in [-0.3, -0.25) is 4.79 Å². The molecule has 0 heterocycles. The van der Waals surface area contributed by atoms with Crippen molar-refractivity contribution in [2.75, 3.05) is 0 Å². The maximum absolute atomic E-state index is 10.6. The van der Waals surface area contributed by atoms with Gasteiger partial charge in [0, 0.05) is 5.92 Å². The van der Waals surface area contributed by atoms with Crippen LogP contribution in [0.2, 0.25) is 0 Å². The average molecular weight is 141 g/mol. The topological polar surface area (TPSA) is 43.1 Å². The average Bonchev–Trinajstić information content (AvgIpc) is 2.35. The van der Waals surface area contributed by atoms with Crippen molar-refractivity contribution in [2.45, 2.75) is 27.2 Å². The Kier molecular flexibility index (Phi) is 1.50. The van der Waals surface area contributed by atoms with Gasteiger partial charge in [0.25, 0.3) is 0 Å². The predicted molar refractivity (Wildman–Crippen MR) is 40.2 cm³/mol. The highest BCUT2D eigenvalue weighted by Crippen LogP contribution is 2.50. The van der Waals surface area contributed by atoms with E-state index in [0.29, 0.717) is 5.92 Å².